The molecule has 0 spiro atoms. The Kier molecular flexibility index (Phi) is 6.65. The Bertz CT molecular complexity index is 1280. The second kappa shape index (κ2) is 9.94. The van der Waals surface area contributed by atoms with E-state index in [1.54, 1.807) is 0 Å². The minimum absolute atomic E-state index is 0.0830. The van der Waals surface area contributed by atoms with Crippen LogP contribution in [0.15, 0.2) is 42.5 Å². The van der Waals surface area contributed by atoms with Gasteiger partial charge in [0.25, 0.3) is 5.91 Å². The summed E-state index contributed by atoms with van der Waals surface area (Å²) >= 11 is 6.17. The van der Waals surface area contributed by atoms with E-state index in [1.165, 1.54) is 49.7 Å². The van der Waals surface area contributed by atoms with Gasteiger partial charge in [0.05, 0.1) is 11.4 Å². The van der Waals surface area contributed by atoms with Crippen LogP contribution in [0.2, 0.25) is 5.02 Å². The molecule has 4 nitrogen and oxygen atoms in total. The van der Waals surface area contributed by atoms with Crippen molar-refractivity contribution in [3.05, 3.63) is 69.9 Å². The maximum atomic E-state index is 13.4. The molecule has 5 heteroatoms. The number of hydrogen-bond acceptors (Lipinski definition) is 2. The van der Waals surface area contributed by atoms with Crippen molar-refractivity contribution in [2.75, 3.05) is 6.54 Å². The predicted octanol–water partition coefficient (Wildman–Crippen LogP) is 7.70. The normalized spacial score (nSPS) is 26.0. The molecule has 2 aromatic carbocycles. The third-order valence-electron chi connectivity index (χ3n) is 9.61. The molecule has 0 radical (unpaired) electrons. The van der Waals surface area contributed by atoms with E-state index in [9.17, 15) is 4.79 Å². The van der Waals surface area contributed by atoms with Crippen molar-refractivity contribution in [3.8, 4) is 16.9 Å². The van der Waals surface area contributed by atoms with Crippen molar-refractivity contribution >= 4 is 17.5 Å². The molecule has 0 saturated heterocycles. The molecule has 0 atom stereocenters. The van der Waals surface area contributed by atoms with Crippen molar-refractivity contribution in [1.29, 1.82) is 0 Å². The zero-order valence-corrected chi connectivity index (χ0v) is 23.0. The smallest absolute Gasteiger partial charge is 0.272 e. The lowest BCUT2D eigenvalue weighted by Gasteiger charge is -2.54. The van der Waals surface area contributed by atoms with E-state index in [0.29, 0.717) is 17.3 Å². The maximum Gasteiger partial charge on any atom is 0.272 e. The van der Waals surface area contributed by atoms with Gasteiger partial charge in [-0.2, -0.15) is 5.10 Å². The van der Waals surface area contributed by atoms with Gasteiger partial charge in [-0.05, 0) is 131 Å². The zero-order valence-electron chi connectivity index (χ0n) is 22.3. The van der Waals surface area contributed by atoms with Crippen molar-refractivity contribution in [2.24, 2.45) is 29.6 Å². The second-order valence-corrected chi connectivity index (χ2v) is 12.4. The number of carbonyl (C=O) groups is 1. The van der Waals surface area contributed by atoms with Gasteiger partial charge in [-0.1, -0.05) is 29.8 Å². The third-order valence-corrected chi connectivity index (χ3v) is 9.86. The molecule has 4 saturated carbocycles. The first kappa shape index (κ1) is 24.7. The molecule has 4 fully saturated rings. The predicted molar refractivity (Wildman–Crippen MR) is 150 cm³/mol. The highest BCUT2D eigenvalue weighted by Crippen LogP contribution is 2.57. The molecule has 4 aliphatic rings. The lowest BCUT2D eigenvalue weighted by Crippen LogP contribution is -2.45. The molecule has 4 bridgehead atoms. The topological polar surface area (TPSA) is 46.9 Å². The van der Waals surface area contributed by atoms with Crippen LogP contribution in [0.25, 0.3) is 16.9 Å². The van der Waals surface area contributed by atoms with Crippen LogP contribution in [0.4, 0.5) is 0 Å². The number of hydrogen-bond donors (Lipinski definition) is 1. The van der Waals surface area contributed by atoms with E-state index in [1.807, 2.05) is 35.9 Å². The highest BCUT2D eigenvalue weighted by Gasteiger charge is 2.47. The van der Waals surface area contributed by atoms with Crippen molar-refractivity contribution in [1.82, 2.24) is 15.1 Å². The summed E-state index contributed by atoms with van der Waals surface area (Å²) in [5.74, 6) is 4.73. The van der Waals surface area contributed by atoms with Gasteiger partial charge < -0.3 is 5.32 Å². The van der Waals surface area contributed by atoms with Gasteiger partial charge in [0, 0.05) is 22.7 Å². The number of benzene rings is 2. The standard InChI is InChI=1S/C32H38ClN3O/c1-19-6-11-28(13-20(19)2)36-31(24-7-9-27(33)10-8-24)21(3)30(35-36)32(37)34-12-4-5-29-25-15-22-14-23(17-25)18-26(29)16-22/h6-11,13,22-23,25-26,29H,4-5,12,14-18H2,1-3H3,(H,34,37). The van der Waals surface area contributed by atoms with Crippen LogP contribution in [-0.2, 0) is 0 Å². The molecular formula is C32H38ClN3O. The highest BCUT2D eigenvalue weighted by molar-refractivity contribution is 6.30. The van der Waals surface area contributed by atoms with Crippen LogP contribution in [-0.4, -0.2) is 22.2 Å². The molecular weight excluding hydrogens is 478 g/mol. The van der Waals surface area contributed by atoms with Crippen LogP contribution in [0.5, 0.6) is 0 Å². The van der Waals surface area contributed by atoms with Crippen molar-refractivity contribution in [3.63, 3.8) is 0 Å². The Morgan fingerprint density at radius 2 is 1.62 bits per heavy atom. The van der Waals surface area contributed by atoms with E-state index >= 15 is 0 Å². The Morgan fingerprint density at radius 3 is 2.27 bits per heavy atom. The second-order valence-electron chi connectivity index (χ2n) is 12.0. The molecule has 1 heterocycles. The SMILES string of the molecule is Cc1ccc(-n2nc(C(=O)NCCCC3C4CC5CC(C4)CC3C5)c(C)c2-c2ccc(Cl)cc2)cc1C. The Morgan fingerprint density at radius 1 is 0.946 bits per heavy atom. The molecule has 4 aliphatic carbocycles. The summed E-state index contributed by atoms with van der Waals surface area (Å²) in [6.07, 6.45) is 9.67. The number of aryl methyl sites for hydroxylation is 2. The average Bonchev–Trinajstić information content (AvgIpc) is 3.22. The van der Waals surface area contributed by atoms with Gasteiger partial charge in [0.1, 0.15) is 0 Å². The van der Waals surface area contributed by atoms with E-state index < -0.39 is 0 Å². The summed E-state index contributed by atoms with van der Waals surface area (Å²) < 4.78 is 1.91. The monoisotopic (exact) mass is 515 g/mol. The first-order valence-electron chi connectivity index (χ1n) is 14.1. The number of aromatic nitrogens is 2. The molecule has 7 rings (SSSR count). The molecule has 3 aromatic rings. The quantitative estimate of drug-likeness (QED) is 0.328. The van der Waals surface area contributed by atoms with Crippen molar-refractivity contribution < 1.29 is 4.79 Å². The summed E-state index contributed by atoms with van der Waals surface area (Å²) in [6.45, 7) is 6.93. The van der Waals surface area contributed by atoms with Gasteiger partial charge in [-0.3, -0.25) is 4.79 Å². The fraction of sp³-hybridized carbons (Fsp3) is 0.500. The lowest BCUT2D eigenvalue weighted by molar-refractivity contribution is -0.0401. The van der Waals surface area contributed by atoms with Crippen LogP contribution >= 0.6 is 11.6 Å². The minimum atomic E-state index is -0.0830. The lowest BCUT2D eigenvalue weighted by atomic mass is 9.51. The average molecular weight is 516 g/mol. The molecule has 194 valence electrons. The zero-order chi connectivity index (χ0) is 25.7. The van der Waals surface area contributed by atoms with E-state index in [2.05, 4.69) is 37.4 Å². The van der Waals surface area contributed by atoms with Crippen LogP contribution < -0.4 is 5.32 Å². The van der Waals surface area contributed by atoms with Gasteiger partial charge in [-0.15, -0.1) is 0 Å². The Hall–Kier alpha value is -2.59. The van der Waals surface area contributed by atoms with Gasteiger partial charge in [0.2, 0.25) is 0 Å². The summed E-state index contributed by atoms with van der Waals surface area (Å²) in [7, 11) is 0. The molecule has 0 unspecified atom stereocenters. The number of amides is 1. The molecule has 1 amide bonds. The number of nitrogens with one attached hydrogen (secondary N) is 1. The summed E-state index contributed by atoms with van der Waals surface area (Å²) in [5, 5.41) is 8.74. The van der Waals surface area contributed by atoms with Gasteiger partial charge >= 0.3 is 0 Å². The number of nitrogens with zero attached hydrogens (tertiary/aromatic N) is 2. The fourth-order valence-electron chi connectivity index (χ4n) is 7.84. The van der Waals surface area contributed by atoms with Crippen LogP contribution in [0.1, 0.15) is 72.1 Å². The number of halogens is 1. The summed E-state index contributed by atoms with van der Waals surface area (Å²) in [4.78, 5) is 13.4. The first-order chi connectivity index (χ1) is 17.9. The maximum absolute atomic E-state index is 13.4. The molecule has 0 aliphatic heterocycles. The highest BCUT2D eigenvalue weighted by atomic mass is 35.5. The van der Waals surface area contributed by atoms with E-state index in [4.69, 9.17) is 16.7 Å². The summed E-state index contributed by atoms with van der Waals surface area (Å²) in [5.41, 5.74) is 6.70. The molecule has 37 heavy (non-hydrogen) atoms. The summed E-state index contributed by atoms with van der Waals surface area (Å²) in [6, 6.07) is 14.1. The van der Waals surface area contributed by atoms with Gasteiger partial charge in [0.15, 0.2) is 5.69 Å². The molecule has 1 N–H and O–H groups in total. The number of carbonyl (C=O) groups excluding carboxylic acids is 1. The number of rotatable bonds is 7. The van der Waals surface area contributed by atoms with Crippen LogP contribution in [0, 0.1) is 50.4 Å². The van der Waals surface area contributed by atoms with Gasteiger partial charge in [-0.25, -0.2) is 4.68 Å². The van der Waals surface area contributed by atoms with Crippen LogP contribution in [0.3, 0.4) is 0 Å². The minimum Gasteiger partial charge on any atom is -0.351 e. The van der Waals surface area contributed by atoms with E-state index in [0.717, 1.165) is 58.5 Å². The Balaban J connectivity index is 1.19. The molecule has 1 aromatic heterocycles. The van der Waals surface area contributed by atoms with Crippen molar-refractivity contribution in [2.45, 2.75) is 65.7 Å². The largest absolute Gasteiger partial charge is 0.351 e. The fourth-order valence-corrected chi connectivity index (χ4v) is 7.96. The van der Waals surface area contributed by atoms with E-state index in [-0.39, 0.29) is 5.91 Å². The third kappa shape index (κ3) is 4.74. The first-order valence-corrected chi connectivity index (χ1v) is 14.5. The Labute approximate surface area is 225 Å².